The fraction of sp³-hybridized carbons (Fsp3) is 0.0625. The number of para-hydroxylation sites is 1. The van der Waals surface area contributed by atoms with E-state index in [1.807, 2.05) is 49.4 Å². The number of thiazole rings is 1. The lowest BCUT2D eigenvalue weighted by atomic mass is 10.3. The van der Waals surface area contributed by atoms with E-state index in [1.165, 1.54) is 11.3 Å². The minimum absolute atomic E-state index is 0.226. The zero-order valence-electron chi connectivity index (χ0n) is 12.3. The predicted molar refractivity (Wildman–Crippen MR) is 90.5 cm³/mol. The average molecular weight is 326 g/mol. The molecule has 3 aromatic rings. The molecule has 23 heavy (non-hydrogen) atoms. The summed E-state index contributed by atoms with van der Waals surface area (Å²) in [5, 5.41) is 6.40. The van der Waals surface area contributed by atoms with Crippen molar-refractivity contribution < 1.29 is 9.53 Å². The zero-order chi connectivity index (χ0) is 16.1. The zero-order valence-corrected chi connectivity index (χ0v) is 13.1. The van der Waals surface area contributed by atoms with Gasteiger partial charge in [0.2, 0.25) is 0 Å². The molecule has 0 fully saturated rings. The van der Waals surface area contributed by atoms with Gasteiger partial charge < -0.3 is 10.1 Å². The molecule has 6 nitrogen and oxygen atoms in total. The van der Waals surface area contributed by atoms with Gasteiger partial charge in [-0.3, -0.25) is 5.32 Å². The van der Waals surface area contributed by atoms with Gasteiger partial charge in [0.15, 0.2) is 5.00 Å². The van der Waals surface area contributed by atoms with Crippen LogP contribution in [0.3, 0.4) is 0 Å². The fourth-order valence-corrected chi connectivity index (χ4v) is 2.50. The highest BCUT2D eigenvalue weighted by molar-refractivity contribution is 7.14. The maximum absolute atomic E-state index is 12.0. The molecule has 0 radical (unpaired) electrons. The van der Waals surface area contributed by atoms with Gasteiger partial charge in [0.1, 0.15) is 5.82 Å². The van der Waals surface area contributed by atoms with E-state index in [2.05, 4.69) is 20.6 Å². The lowest BCUT2D eigenvalue weighted by Gasteiger charge is -2.07. The number of aromatic nitrogens is 2. The highest BCUT2D eigenvalue weighted by Gasteiger charge is 2.13. The Kier molecular flexibility index (Phi) is 4.49. The van der Waals surface area contributed by atoms with Crippen LogP contribution in [0.25, 0.3) is 0 Å². The number of amides is 1. The Hall–Kier alpha value is -2.93. The number of nitrogens with one attached hydrogen (secondary N) is 2. The van der Waals surface area contributed by atoms with Gasteiger partial charge in [-0.05, 0) is 31.2 Å². The number of benzene rings is 1. The first-order chi connectivity index (χ1) is 11.2. The number of aryl methyl sites for hydroxylation is 1. The Morgan fingerprint density at radius 2 is 1.96 bits per heavy atom. The topological polar surface area (TPSA) is 76.1 Å². The van der Waals surface area contributed by atoms with Crippen LogP contribution >= 0.6 is 11.3 Å². The summed E-state index contributed by atoms with van der Waals surface area (Å²) in [6.07, 6.45) is -0.634. The van der Waals surface area contributed by atoms with E-state index < -0.39 is 6.09 Å². The van der Waals surface area contributed by atoms with Crippen molar-refractivity contribution >= 4 is 33.9 Å². The van der Waals surface area contributed by atoms with Gasteiger partial charge >= 0.3 is 6.09 Å². The van der Waals surface area contributed by atoms with Gasteiger partial charge in [0, 0.05) is 11.4 Å². The summed E-state index contributed by atoms with van der Waals surface area (Å²) >= 11 is 1.35. The molecule has 0 aliphatic carbocycles. The SMILES string of the molecule is Cc1cccc(NC(=O)Oc2ncsc2Nc2ccccc2)n1. The van der Waals surface area contributed by atoms with E-state index >= 15 is 0 Å². The number of ether oxygens (including phenoxy) is 1. The van der Waals surface area contributed by atoms with Crippen LogP contribution in [0.1, 0.15) is 5.69 Å². The van der Waals surface area contributed by atoms with Gasteiger partial charge in [0.25, 0.3) is 5.88 Å². The van der Waals surface area contributed by atoms with Gasteiger partial charge in [-0.1, -0.05) is 24.3 Å². The molecule has 7 heteroatoms. The van der Waals surface area contributed by atoms with Crippen LogP contribution in [-0.2, 0) is 0 Å². The first-order valence-corrected chi connectivity index (χ1v) is 7.77. The summed E-state index contributed by atoms with van der Waals surface area (Å²) in [7, 11) is 0. The van der Waals surface area contributed by atoms with Crippen molar-refractivity contribution in [3.8, 4) is 5.88 Å². The number of rotatable bonds is 4. The van der Waals surface area contributed by atoms with Gasteiger partial charge in [-0.15, -0.1) is 11.3 Å². The molecule has 0 atom stereocenters. The Morgan fingerprint density at radius 3 is 2.74 bits per heavy atom. The van der Waals surface area contributed by atoms with E-state index in [-0.39, 0.29) is 5.88 Å². The average Bonchev–Trinajstić information content (AvgIpc) is 2.95. The number of hydrogen-bond acceptors (Lipinski definition) is 6. The highest BCUT2D eigenvalue weighted by atomic mass is 32.1. The number of anilines is 3. The normalized spacial score (nSPS) is 10.1. The number of nitrogens with zero attached hydrogens (tertiary/aromatic N) is 2. The van der Waals surface area contributed by atoms with Crippen molar-refractivity contribution in [2.75, 3.05) is 10.6 Å². The van der Waals surface area contributed by atoms with Crippen molar-refractivity contribution in [1.29, 1.82) is 0 Å². The summed E-state index contributed by atoms with van der Waals surface area (Å²) in [6, 6.07) is 14.9. The van der Waals surface area contributed by atoms with Crippen LogP contribution in [0.15, 0.2) is 54.0 Å². The Balaban J connectivity index is 1.66. The van der Waals surface area contributed by atoms with Crippen molar-refractivity contribution in [3.63, 3.8) is 0 Å². The maximum Gasteiger partial charge on any atom is 0.419 e. The van der Waals surface area contributed by atoms with Crippen molar-refractivity contribution in [2.24, 2.45) is 0 Å². The van der Waals surface area contributed by atoms with E-state index in [1.54, 1.807) is 11.6 Å². The largest absolute Gasteiger partial charge is 0.419 e. The van der Waals surface area contributed by atoms with E-state index in [4.69, 9.17) is 4.74 Å². The quantitative estimate of drug-likeness (QED) is 0.751. The molecule has 2 heterocycles. The maximum atomic E-state index is 12.0. The molecule has 0 unspecified atom stereocenters. The lowest BCUT2D eigenvalue weighted by molar-refractivity contribution is 0.214. The number of hydrogen-bond donors (Lipinski definition) is 2. The molecule has 2 N–H and O–H groups in total. The molecule has 0 saturated heterocycles. The van der Waals surface area contributed by atoms with Crippen LogP contribution in [0.2, 0.25) is 0 Å². The second-order valence-corrected chi connectivity index (χ2v) is 5.51. The third-order valence-electron chi connectivity index (χ3n) is 2.87. The van der Waals surface area contributed by atoms with Crippen LogP contribution in [0.4, 0.5) is 21.3 Å². The molecule has 0 bridgehead atoms. The van der Waals surface area contributed by atoms with Crippen LogP contribution < -0.4 is 15.4 Å². The molecule has 116 valence electrons. The molecule has 0 aliphatic rings. The van der Waals surface area contributed by atoms with Gasteiger partial charge in [-0.25, -0.2) is 14.8 Å². The standard InChI is InChI=1S/C16H14N4O2S/c1-11-6-5-9-13(18-11)20-16(21)22-14-15(23-10-17-14)19-12-7-3-2-4-8-12/h2-10,19H,1H3,(H,18,20,21). The molecule has 3 rings (SSSR count). The number of pyridine rings is 1. The first kappa shape index (κ1) is 15.0. The molecule has 1 aromatic carbocycles. The summed E-state index contributed by atoms with van der Waals surface area (Å²) in [4.78, 5) is 20.2. The molecule has 2 aromatic heterocycles. The van der Waals surface area contributed by atoms with E-state index in [9.17, 15) is 4.79 Å². The Bertz CT molecular complexity index is 805. The number of carbonyl (C=O) groups is 1. The smallest absolute Gasteiger partial charge is 0.388 e. The Labute approximate surface area is 137 Å². The molecule has 1 amide bonds. The van der Waals surface area contributed by atoms with Crippen LogP contribution in [-0.4, -0.2) is 16.1 Å². The van der Waals surface area contributed by atoms with Crippen LogP contribution in [0.5, 0.6) is 5.88 Å². The van der Waals surface area contributed by atoms with E-state index in [0.29, 0.717) is 10.8 Å². The van der Waals surface area contributed by atoms with Crippen LogP contribution in [0, 0.1) is 6.92 Å². The van der Waals surface area contributed by atoms with Crippen molar-refractivity contribution in [2.45, 2.75) is 6.92 Å². The Morgan fingerprint density at radius 1 is 1.13 bits per heavy atom. The van der Waals surface area contributed by atoms with Crippen molar-refractivity contribution in [3.05, 3.63) is 59.7 Å². The number of carbonyl (C=O) groups excluding carboxylic acids is 1. The van der Waals surface area contributed by atoms with Gasteiger partial charge in [0.05, 0.1) is 5.51 Å². The molecule has 0 aliphatic heterocycles. The molecule has 0 saturated carbocycles. The lowest BCUT2D eigenvalue weighted by Crippen LogP contribution is -2.18. The summed E-state index contributed by atoms with van der Waals surface area (Å²) in [5.41, 5.74) is 3.31. The molecule has 0 spiro atoms. The minimum Gasteiger partial charge on any atom is -0.388 e. The third-order valence-corrected chi connectivity index (χ3v) is 3.60. The second-order valence-electron chi connectivity index (χ2n) is 4.66. The highest BCUT2D eigenvalue weighted by Crippen LogP contribution is 2.30. The third kappa shape index (κ3) is 4.04. The summed E-state index contributed by atoms with van der Waals surface area (Å²) < 4.78 is 5.25. The summed E-state index contributed by atoms with van der Waals surface area (Å²) in [6.45, 7) is 1.85. The first-order valence-electron chi connectivity index (χ1n) is 6.89. The van der Waals surface area contributed by atoms with E-state index in [0.717, 1.165) is 11.4 Å². The minimum atomic E-state index is -0.634. The second kappa shape index (κ2) is 6.89. The monoisotopic (exact) mass is 326 g/mol. The predicted octanol–water partition coefficient (Wildman–Crippen LogP) is 4.20. The molecular formula is C16H14N4O2S. The summed E-state index contributed by atoms with van der Waals surface area (Å²) in [5.74, 6) is 0.659. The fourth-order valence-electron chi connectivity index (χ4n) is 1.87. The van der Waals surface area contributed by atoms with Crippen molar-refractivity contribution in [1.82, 2.24) is 9.97 Å². The van der Waals surface area contributed by atoms with Gasteiger partial charge in [-0.2, -0.15) is 0 Å². The molecular weight excluding hydrogens is 312 g/mol.